The first-order chi connectivity index (χ1) is 20.7. The average molecular weight is 663 g/mol. The van der Waals surface area contributed by atoms with Crippen LogP contribution in [0.3, 0.4) is 0 Å². The molecule has 2 N–H and O–H groups in total. The van der Waals surface area contributed by atoms with Crippen LogP contribution >= 0.6 is 0 Å². The van der Waals surface area contributed by atoms with Gasteiger partial charge in [0.15, 0.2) is 0 Å². The molecule has 0 radical (unpaired) electrons. The van der Waals surface area contributed by atoms with Gasteiger partial charge in [-0.05, 0) is 67.4 Å². The normalized spacial score (nSPS) is 19.4. The minimum atomic E-state index is -2.01. The van der Waals surface area contributed by atoms with Crippen molar-refractivity contribution < 1.29 is 10.2 Å². The van der Waals surface area contributed by atoms with E-state index in [1.165, 1.54) is 11.1 Å². The van der Waals surface area contributed by atoms with Gasteiger partial charge in [-0.2, -0.15) is 0 Å². The summed E-state index contributed by atoms with van der Waals surface area (Å²) in [6.45, 7) is 36.7. The molecule has 2 atom stereocenters. The Labute approximate surface area is 284 Å². The van der Waals surface area contributed by atoms with Gasteiger partial charge in [-0.1, -0.05) is 134 Å². The molecule has 0 amide bonds. The van der Waals surface area contributed by atoms with Gasteiger partial charge in [-0.3, -0.25) is 9.98 Å². The largest absolute Gasteiger partial charge is 0.507 e. The molecule has 0 aromatic heterocycles. The molecule has 0 heterocycles. The number of phenolic OH excluding ortho intramolecular Hbond substituents is 2. The van der Waals surface area contributed by atoms with Crippen LogP contribution in [0.4, 0.5) is 0 Å². The third-order valence-corrected chi connectivity index (χ3v) is 22.6. The smallest absolute Gasteiger partial charge is 0.123 e. The second-order valence-corrected chi connectivity index (χ2v) is 29.7. The van der Waals surface area contributed by atoms with Gasteiger partial charge in [0.1, 0.15) is 11.5 Å². The summed E-state index contributed by atoms with van der Waals surface area (Å²) in [6.07, 6.45) is 8.03. The van der Waals surface area contributed by atoms with E-state index in [9.17, 15) is 10.2 Å². The number of aromatic hydroxyl groups is 2. The van der Waals surface area contributed by atoms with Crippen molar-refractivity contribution in [2.45, 2.75) is 168 Å². The highest BCUT2D eigenvalue weighted by Gasteiger charge is 2.41. The van der Waals surface area contributed by atoms with Crippen LogP contribution in [0, 0.1) is 0 Å². The van der Waals surface area contributed by atoms with Crippen molar-refractivity contribution >= 4 is 39.0 Å². The van der Waals surface area contributed by atoms with Crippen LogP contribution in [0.15, 0.2) is 34.3 Å². The van der Waals surface area contributed by atoms with E-state index in [1.807, 2.05) is 12.4 Å². The molecule has 256 valence electrons. The molecule has 0 unspecified atom stereocenters. The van der Waals surface area contributed by atoms with Gasteiger partial charge in [-0.15, -0.1) is 0 Å². The first-order valence-electron chi connectivity index (χ1n) is 17.5. The van der Waals surface area contributed by atoms with Crippen molar-refractivity contribution in [2.75, 3.05) is 0 Å². The minimum Gasteiger partial charge on any atom is -0.507 e. The summed E-state index contributed by atoms with van der Waals surface area (Å²) in [4.78, 5) is 10.3. The van der Waals surface area contributed by atoms with Crippen LogP contribution in [0.2, 0.25) is 36.3 Å². The zero-order chi connectivity index (χ0) is 35.3. The van der Waals surface area contributed by atoms with Crippen molar-refractivity contribution in [3.05, 3.63) is 46.5 Å². The standard InChI is InChI=1S/C40H66N2O2Si2/c1-37(2,3)29-21-27(35(43)33(23-29)45(13,14)39(7,8)9)25-41-31-19-17-18-20-32(31)42-26-28-22-30(38(4,5)6)24-34(36(28)44)46(15,16)40(10,11)12/h21-26,31-32,43-44H,17-20H2,1-16H3/t31-,32-/m1/s1. The molecule has 1 saturated carbocycles. The first-order valence-corrected chi connectivity index (χ1v) is 23.5. The second-order valence-electron chi connectivity index (χ2n) is 19.1. The fourth-order valence-corrected chi connectivity index (χ4v) is 10.1. The fourth-order valence-electron chi connectivity index (χ4n) is 5.93. The summed E-state index contributed by atoms with van der Waals surface area (Å²) in [5.74, 6) is 0.780. The zero-order valence-electron chi connectivity index (χ0n) is 32.2. The third kappa shape index (κ3) is 8.09. The summed E-state index contributed by atoms with van der Waals surface area (Å²) < 4.78 is 0. The molecule has 1 fully saturated rings. The number of nitrogens with zero attached hydrogens (tertiary/aromatic N) is 2. The summed E-state index contributed by atoms with van der Waals surface area (Å²) in [7, 11) is -4.02. The molecule has 46 heavy (non-hydrogen) atoms. The monoisotopic (exact) mass is 662 g/mol. The number of aliphatic imine (C=N–C) groups is 2. The van der Waals surface area contributed by atoms with E-state index in [0.29, 0.717) is 11.5 Å². The number of rotatable bonds is 6. The van der Waals surface area contributed by atoms with Crippen LogP contribution in [-0.4, -0.2) is 50.9 Å². The van der Waals surface area contributed by atoms with Crippen molar-refractivity contribution in [2.24, 2.45) is 9.98 Å². The molecule has 4 nitrogen and oxygen atoms in total. The number of hydrogen-bond acceptors (Lipinski definition) is 4. The van der Waals surface area contributed by atoms with Crippen molar-refractivity contribution in [3.63, 3.8) is 0 Å². The van der Waals surface area contributed by atoms with E-state index in [2.05, 4.69) is 134 Å². The number of benzene rings is 2. The Hall–Kier alpha value is -2.19. The Balaban J connectivity index is 2.08. The van der Waals surface area contributed by atoms with Gasteiger partial charge >= 0.3 is 0 Å². The van der Waals surface area contributed by atoms with E-state index in [0.717, 1.165) is 47.2 Å². The van der Waals surface area contributed by atoms with Crippen molar-refractivity contribution in [1.82, 2.24) is 0 Å². The van der Waals surface area contributed by atoms with Crippen molar-refractivity contribution in [1.29, 1.82) is 0 Å². The van der Waals surface area contributed by atoms with Gasteiger partial charge in [0.25, 0.3) is 0 Å². The van der Waals surface area contributed by atoms with Crippen LogP contribution < -0.4 is 10.4 Å². The van der Waals surface area contributed by atoms with Gasteiger partial charge in [0, 0.05) is 23.6 Å². The highest BCUT2D eigenvalue weighted by atomic mass is 28.3. The lowest BCUT2D eigenvalue weighted by atomic mass is 9.86. The molecule has 0 saturated heterocycles. The topological polar surface area (TPSA) is 65.2 Å². The zero-order valence-corrected chi connectivity index (χ0v) is 34.2. The molecule has 0 bridgehead atoms. The van der Waals surface area contributed by atoms with Crippen LogP contribution in [0.1, 0.15) is 131 Å². The summed E-state index contributed by atoms with van der Waals surface area (Å²) >= 11 is 0. The maximum absolute atomic E-state index is 11.7. The molecular formula is C40H66N2O2Si2. The van der Waals surface area contributed by atoms with Crippen LogP contribution in [0.5, 0.6) is 11.5 Å². The summed E-state index contributed by atoms with van der Waals surface area (Å²) in [5.41, 5.74) is 4.01. The first kappa shape index (κ1) is 38.3. The Bertz CT molecular complexity index is 1350. The van der Waals surface area contributed by atoms with Crippen LogP contribution in [-0.2, 0) is 10.8 Å². The predicted octanol–water partition coefficient (Wildman–Crippen LogP) is 9.97. The number of phenols is 2. The van der Waals surface area contributed by atoms with Gasteiger partial charge in [0.05, 0.1) is 28.2 Å². The Morgan fingerprint density at radius 2 is 0.870 bits per heavy atom. The van der Waals surface area contributed by atoms with E-state index in [-0.39, 0.29) is 33.0 Å². The lowest BCUT2D eigenvalue weighted by molar-refractivity contribution is 0.390. The fraction of sp³-hybridized carbons (Fsp3) is 0.650. The Morgan fingerprint density at radius 3 is 1.13 bits per heavy atom. The number of hydrogen-bond donors (Lipinski definition) is 2. The van der Waals surface area contributed by atoms with E-state index in [4.69, 9.17) is 9.98 Å². The SMILES string of the molecule is CC(C)(C)c1cc(C=N[C@@H]2CCCC[C@H]2N=Cc2cc(C(C)(C)C)cc([Si](C)(C)C(C)(C)C)c2O)c(O)c([Si](C)(C)C(C)(C)C)c1. The molecule has 1 aliphatic carbocycles. The molecule has 2 aromatic carbocycles. The van der Waals surface area contributed by atoms with Gasteiger partial charge in [0.2, 0.25) is 0 Å². The van der Waals surface area contributed by atoms with E-state index >= 15 is 0 Å². The highest BCUT2D eigenvalue weighted by Crippen LogP contribution is 2.40. The average Bonchev–Trinajstić information content (AvgIpc) is 2.89. The minimum absolute atomic E-state index is 0.0341. The molecule has 0 spiro atoms. The molecule has 3 rings (SSSR count). The second kappa shape index (κ2) is 13.0. The Kier molecular flexibility index (Phi) is 10.8. The molecular weight excluding hydrogens is 597 g/mol. The third-order valence-electron chi connectivity index (χ3n) is 11.6. The molecule has 6 heteroatoms. The van der Waals surface area contributed by atoms with Gasteiger partial charge < -0.3 is 10.2 Å². The van der Waals surface area contributed by atoms with Gasteiger partial charge in [-0.25, -0.2) is 0 Å². The predicted molar refractivity (Wildman–Crippen MR) is 209 cm³/mol. The lowest BCUT2D eigenvalue weighted by Crippen LogP contribution is -2.50. The van der Waals surface area contributed by atoms with E-state index < -0.39 is 16.1 Å². The summed E-state index contributed by atoms with van der Waals surface area (Å²) in [5, 5.41) is 25.8. The lowest BCUT2D eigenvalue weighted by Gasteiger charge is -2.39. The molecule has 1 aliphatic rings. The van der Waals surface area contributed by atoms with Crippen LogP contribution in [0.25, 0.3) is 0 Å². The van der Waals surface area contributed by atoms with E-state index in [1.54, 1.807) is 0 Å². The summed E-state index contributed by atoms with van der Waals surface area (Å²) in [6, 6.07) is 8.85. The van der Waals surface area contributed by atoms with Crippen molar-refractivity contribution in [3.8, 4) is 11.5 Å². The Morgan fingerprint density at radius 1 is 0.565 bits per heavy atom. The quantitative estimate of drug-likeness (QED) is 0.239. The molecule has 0 aliphatic heterocycles. The highest BCUT2D eigenvalue weighted by molar-refractivity contribution is 6.93. The maximum Gasteiger partial charge on any atom is 0.123 e. The maximum atomic E-state index is 11.7. The molecule has 2 aromatic rings.